The molecule has 7 nitrogen and oxygen atoms in total. The van der Waals surface area contributed by atoms with E-state index in [1.54, 1.807) is 51.3 Å². The summed E-state index contributed by atoms with van der Waals surface area (Å²) in [5.74, 6) is 0.265. The maximum Gasteiger partial charge on any atom is 0.338 e. The lowest BCUT2D eigenvalue weighted by Gasteiger charge is -2.25. The summed E-state index contributed by atoms with van der Waals surface area (Å²) in [7, 11) is 1.57. The zero-order chi connectivity index (χ0) is 30.8. The Hall–Kier alpha value is -2.56. The summed E-state index contributed by atoms with van der Waals surface area (Å²) < 4.78 is 35.6. The van der Waals surface area contributed by atoms with Crippen molar-refractivity contribution in [3.63, 3.8) is 0 Å². The van der Waals surface area contributed by atoms with Gasteiger partial charge in [-0.2, -0.15) is 0 Å². The summed E-state index contributed by atoms with van der Waals surface area (Å²) in [6.07, 6.45) is 1.76. The molecule has 4 aromatic rings. The van der Waals surface area contributed by atoms with Crippen molar-refractivity contribution in [3.05, 3.63) is 120 Å². The molecule has 1 atom stereocenters. The predicted octanol–water partition coefficient (Wildman–Crippen LogP) is 6.50. The molecule has 0 radical (unpaired) electrons. The molecular formula is C31H24BrFI2N2O5S. The summed E-state index contributed by atoms with van der Waals surface area (Å²) in [5, 5.41) is 0. The summed E-state index contributed by atoms with van der Waals surface area (Å²) >= 11 is 9.14. The first-order valence-corrected chi connectivity index (χ1v) is 16.8. The highest BCUT2D eigenvalue weighted by Gasteiger charge is 2.33. The Labute approximate surface area is 286 Å². The van der Waals surface area contributed by atoms with Gasteiger partial charge in [0.15, 0.2) is 4.80 Å². The van der Waals surface area contributed by atoms with Crippen molar-refractivity contribution in [1.29, 1.82) is 0 Å². The van der Waals surface area contributed by atoms with E-state index in [4.69, 9.17) is 14.2 Å². The van der Waals surface area contributed by atoms with Crippen molar-refractivity contribution >= 4 is 84.5 Å². The molecule has 0 aliphatic carbocycles. The molecule has 0 saturated carbocycles. The van der Waals surface area contributed by atoms with Crippen LogP contribution in [0.2, 0.25) is 0 Å². The second kappa shape index (κ2) is 13.6. The first-order chi connectivity index (χ1) is 20.6. The van der Waals surface area contributed by atoms with Crippen molar-refractivity contribution in [2.75, 3.05) is 13.7 Å². The van der Waals surface area contributed by atoms with Crippen LogP contribution >= 0.6 is 72.4 Å². The van der Waals surface area contributed by atoms with Crippen molar-refractivity contribution in [3.8, 4) is 11.5 Å². The molecule has 43 heavy (non-hydrogen) atoms. The molecule has 0 fully saturated rings. The van der Waals surface area contributed by atoms with E-state index in [0.29, 0.717) is 47.7 Å². The number of allylic oxidation sites excluding steroid dienone is 1. The second-order valence-corrected chi connectivity index (χ2v) is 13.7. The lowest BCUT2D eigenvalue weighted by molar-refractivity contribution is -0.139. The van der Waals surface area contributed by atoms with Crippen molar-refractivity contribution in [2.45, 2.75) is 26.5 Å². The number of thiazole rings is 1. The fraction of sp³-hybridized carbons (Fsp3) is 0.194. The van der Waals surface area contributed by atoms with Crippen molar-refractivity contribution < 1.29 is 23.4 Å². The van der Waals surface area contributed by atoms with Gasteiger partial charge in [-0.15, -0.1) is 0 Å². The maximum absolute atomic E-state index is 14.3. The quantitative estimate of drug-likeness (QED) is 0.149. The molecule has 3 aromatic carbocycles. The predicted molar refractivity (Wildman–Crippen MR) is 184 cm³/mol. The first kappa shape index (κ1) is 31.9. The van der Waals surface area contributed by atoms with Gasteiger partial charge < -0.3 is 14.2 Å². The van der Waals surface area contributed by atoms with E-state index in [2.05, 4.69) is 66.1 Å². The second-order valence-electron chi connectivity index (χ2n) is 9.38. The molecule has 0 saturated heterocycles. The highest BCUT2D eigenvalue weighted by Crippen LogP contribution is 2.35. The van der Waals surface area contributed by atoms with Crippen LogP contribution in [0.25, 0.3) is 6.08 Å². The number of fused-ring (bicyclic) bond motifs is 1. The highest BCUT2D eigenvalue weighted by molar-refractivity contribution is 14.1. The Kier molecular flexibility index (Phi) is 10.1. The number of aromatic nitrogens is 1. The third-order valence-corrected chi connectivity index (χ3v) is 9.69. The molecule has 5 rings (SSSR count). The minimum atomic E-state index is -0.771. The van der Waals surface area contributed by atoms with Crippen LogP contribution in [0.5, 0.6) is 11.5 Å². The molecule has 0 unspecified atom stereocenters. The minimum absolute atomic E-state index is 0.0276. The van der Waals surface area contributed by atoms with Gasteiger partial charge in [0.1, 0.15) is 23.9 Å². The largest absolute Gasteiger partial charge is 0.496 e. The number of halogens is 4. The molecule has 12 heteroatoms. The van der Waals surface area contributed by atoms with Crippen LogP contribution in [0, 0.1) is 13.0 Å². The number of carbonyl (C=O) groups excluding carboxylic acids is 1. The van der Waals surface area contributed by atoms with Gasteiger partial charge in [0.25, 0.3) is 5.56 Å². The van der Waals surface area contributed by atoms with Crippen LogP contribution in [0.1, 0.15) is 36.6 Å². The summed E-state index contributed by atoms with van der Waals surface area (Å²) in [5.41, 5.74) is 2.23. The van der Waals surface area contributed by atoms with E-state index in [0.717, 1.165) is 7.14 Å². The highest BCUT2D eigenvalue weighted by atomic mass is 127. The van der Waals surface area contributed by atoms with E-state index in [1.165, 1.54) is 22.0 Å². The SMILES string of the molecule is CCOC(=O)C1=C(C)N=c2s/c(=C/c3cc(I)cc(I)c3OCc3ccccc3F)c(=O)n2[C@H]1c1ccc(OC)c(Br)c1. The smallest absolute Gasteiger partial charge is 0.338 e. The number of esters is 1. The first-order valence-electron chi connectivity index (χ1n) is 13.0. The third-order valence-electron chi connectivity index (χ3n) is 6.66. The summed E-state index contributed by atoms with van der Waals surface area (Å²) in [4.78, 5) is 32.4. The van der Waals surface area contributed by atoms with E-state index < -0.39 is 12.0 Å². The van der Waals surface area contributed by atoms with Crippen LogP contribution in [-0.4, -0.2) is 24.3 Å². The average Bonchev–Trinajstić information content (AvgIpc) is 3.26. The number of ether oxygens (including phenoxy) is 3. The van der Waals surface area contributed by atoms with Crippen molar-refractivity contribution in [2.24, 2.45) is 4.99 Å². The average molecular weight is 889 g/mol. The molecule has 0 N–H and O–H groups in total. The number of hydrogen-bond donors (Lipinski definition) is 0. The number of methoxy groups -OCH3 is 1. The van der Waals surface area contributed by atoms with E-state index in [-0.39, 0.29) is 30.2 Å². The van der Waals surface area contributed by atoms with Gasteiger partial charge in [-0.1, -0.05) is 35.6 Å². The lowest BCUT2D eigenvalue weighted by atomic mass is 9.96. The van der Waals surface area contributed by atoms with E-state index >= 15 is 0 Å². The van der Waals surface area contributed by atoms with Gasteiger partial charge >= 0.3 is 5.97 Å². The Morgan fingerprint density at radius 1 is 1.19 bits per heavy atom. The lowest BCUT2D eigenvalue weighted by Crippen LogP contribution is -2.40. The van der Waals surface area contributed by atoms with Gasteiger partial charge in [0.2, 0.25) is 0 Å². The molecule has 0 spiro atoms. The number of benzene rings is 3. The number of carbonyl (C=O) groups is 1. The third kappa shape index (κ3) is 6.61. The molecule has 1 aliphatic rings. The van der Waals surface area contributed by atoms with Gasteiger partial charge in [0, 0.05) is 14.7 Å². The summed E-state index contributed by atoms with van der Waals surface area (Å²) in [6.45, 7) is 3.68. The van der Waals surface area contributed by atoms with Gasteiger partial charge in [-0.05, 0) is 117 Å². The molecule has 222 valence electrons. The van der Waals surface area contributed by atoms with E-state index in [9.17, 15) is 14.0 Å². The number of rotatable bonds is 8. The Morgan fingerprint density at radius 3 is 2.65 bits per heavy atom. The van der Waals surface area contributed by atoms with Crippen LogP contribution in [0.15, 0.2) is 80.1 Å². The van der Waals surface area contributed by atoms with Gasteiger partial charge in [-0.25, -0.2) is 14.2 Å². The van der Waals surface area contributed by atoms with Crippen molar-refractivity contribution in [1.82, 2.24) is 4.57 Å². The zero-order valence-electron chi connectivity index (χ0n) is 23.1. The fourth-order valence-corrected chi connectivity index (χ4v) is 8.35. The van der Waals surface area contributed by atoms with Crippen LogP contribution in [0.3, 0.4) is 0 Å². The standard InChI is InChI=1S/C31H24BrFI2N2O5S/c1-4-41-30(39)26-16(2)36-31-37(27(26)17-9-10-24(40-3)21(32)12-17)29(38)25(43-31)13-19-11-20(34)14-23(35)28(19)42-15-18-7-5-6-8-22(18)33/h5-14,27H,4,15H2,1-3H3/b25-13+/t27-/m0/s1. The van der Waals surface area contributed by atoms with Crippen LogP contribution in [-0.2, 0) is 16.1 Å². The minimum Gasteiger partial charge on any atom is -0.496 e. The topological polar surface area (TPSA) is 79.1 Å². The zero-order valence-corrected chi connectivity index (χ0v) is 29.8. The van der Waals surface area contributed by atoms with Crippen LogP contribution in [0.4, 0.5) is 4.39 Å². The van der Waals surface area contributed by atoms with Gasteiger partial charge in [0.05, 0.1) is 43.6 Å². The Morgan fingerprint density at radius 2 is 1.95 bits per heavy atom. The Balaban J connectivity index is 1.67. The monoisotopic (exact) mass is 888 g/mol. The Bertz CT molecular complexity index is 1960. The number of hydrogen-bond acceptors (Lipinski definition) is 7. The summed E-state index contributed by atoms with van der Waals surface area (Å²) in [6, 6.07) is 15.0. The van der Waals surface area contributed by atoms with E-state index in [1.807, 2.05) is 24.3 Å². The molecule has 0 amide bonds. The van der Waals surface area contributed by atoms with Crippen LogP contribution < -0.4 is 24.4 Å². The normalized spacial score (nSPS) is 14.8. The molecule has 2 heterocycles. The number of nitrogens with zero attached hydrogens (tertiary/aromatic N) is 2. The molecular weight excluding hydrogens is 865 g/mol. The molecule has 0 bridgehead atoms. The van der Waals surface area contributed by atoms with Gasteiger partial charge in [-0.3, -0.25) is 9.36 Å². The fourth-order valence-electron chi connectivity index (χ4n) is 4.71. The molecule has 1 aliphatic heterocycles. The molecule has 1 aromatic heterocycles. The maximum atomic E-state index is 14.3.